The molecule has 0 aliphatic heterocycles. The molecular weight excluding hydrogens is 215 g/mol. The van der Waals surface area contributed by atoms with E-state index in [1.807, 2.05) is 0 Å². The number of hydrogen-bond donors (Lipinski definition) is 1. The van der Waals surface area contributed by atoms with E-state index >= 15 is 0 Å². The van der Waals surface area contributed by atoms with Gasteiger partial charge in [-0.3, -0.25) is 0 Å². The van der Waals surface area contributed by atoms with E-state index in [0.717, 1.165) is 24.5 Å². The van der Waals surface area contributed by atoms with Crippen molar-refractivity contribution < 1.29 is 13.2 Å². The van der Waals surface area contributed by atoms with Crippen LogP contribution in [0, 0.1) is 23.4 Å². The molecule has 1 atom stereocenters. The van der Waals surface area contributed by atoms with Gasteiger partial charge in [0.25, 0.3) is 0 Å². The van der Waals surface area contributed by atoms with E-state index in [-0.39, 0.29) is 0 Å². The molecule has 1 aliphatic carbocycles. The Hall–Kier alpha value is -1.03. The lowest BCUT2D eigenvalue weighted by molar-refractivity contribution is 0.442. The van der Waals surface area contributed by atoms with Crippen LogP contribution in [0.25, 0.3) is 0 Å². The molecular formula is C12H14F3N. The minimum atomic E-state index is -1.43. The Kier molecular flexibility index (Phi) is 3.19. The zero-order valence-electron chi connectivity index (χ0n) is 8.85. The van der Waals surface area contributed by atoms with Gasteiger partial charge in [-0.25, -0.2) is 13.2 Å². The first kappa shape index (κ1) is 11.5. The fourth-order valence-electron chi connectivity index (χ4n) is 1.78. The lowest BCUT2D eigenvalue weighted by Crippen LogP contribution is -2.12. The first-order valence-electron chi connectivity index (χ1n) is 5.48. The van der Waals surface area contributed by atoms with Crippen LogP contribution in [0.5, 0.6) is 0 Å². The van der Waals surface area contributed by atoms with E-state index in [9.17, 15) is 13.2 Å². The average Bonchev–Trinajstić information content (AvgIpc) is 3.05. The van der Waals surface area contributed by atoms with Crippen molar-refractivity contribution in [3.05, 3.63) is 35.1 Å². The minimum Gasteiger partial charge on any atom is -0.324 e. The summed E-state index contributed by atoms with van der Waals surface area (Å²) in [5, 5.41) is 0. The highest BCUT2D eigenvalue weighted by Crippen LogP contribution is 2.35. The summed E-state index contributed by atoms with van der Waals surface area (Å²) in [7, 11) is 0. The lowest BCUT2D eigenvalue weighted by atomic mass is 10.0. The fourth-order valence-corrected chi connectivity index (χ4v) is 1.78. The summed E-state index contributed by atoms with van der Waals surface area (Å²) >= 11 is 0. The predicted octanol–water partition coefficient (Wildman–Crippen LogP) is 3.29. The molecule has 0 bridgehead atoms. The number of benzene rings is 1. The van der Waals surface area contributed by atoms with Crippen LogP contribution in [0.3, 0.4) is 0 Å². The Morgan fingerprint density at radius 2 is 1.75 bits per heavy atom. The second-order valence-electron chi connectivity index (χ2n) is 4.43. The summed E-state index contributed by atoms with van der Waals surface area (Å²) in [6.45, 7) is 0. The number of rotatable bonds is 4. The highest BCUT2D eigenvalue weighted by Gasteiger charge is 2.22. The van der Waals surface area contributed by atoms with Crippen molar-refractivity contribution in [1.82, 2.24) is 0 Å². The molecule has 1 saturated carbocycles. The van der Waals surface area contributed by atoms with Gasteiger partial charge in [-0.2, -0.15) is 0 Å². The van der Waals surface area contributed by atoms with Crippen molar-refractivity contribution >= 4 is 0 Å². The van der Waals surface area contributed by atoms with E-state index < -0.39 is 23.5 Å². The van der Waals surface area contributed by atoms with Crippen molar-refractivity contribution in [2.75, 3.05) is 0 Å². The van der Waals surface area contributed by atoms with Crippen molar-refractivity contribution in [2.45, 2.75) is 31.7 Å². The molecule has 1 aromatic carbocycles. The zero-order valence-corrected chi connectivity index (χ0v) is 8.85. The Morgan fingerprint density at radius 3 is 2.25 bits per heavy atom. The van der Waals surface area contributed by atoms with Crippen molar-refractivity contribution in [3.63, 3.8) is 0 Å². The maximum absolute atomic E-state index is 12.9. The van der Waals surface area contributed by atoms with Crippen LogP contribution in [-0.4, -0.2) is 0 Å². The van der Waals surface area contributed by atoms with Crippen LogP contribution in [0.1, 0.15) is 37.3 Å². The molecule has 0 radical (unpaired) electrons. The van der Waals surface area contributed by atoms with Gasteiger partial charge in [0.15, 0.2) is 17.5 Å². The predicted molar refractivity (Wildman–Crippen MR) is 55.2 cm³/mol. The molecule has 1 nitrogen and oxygen atoms in total. The molecule has 4 heteroatoms. The van der Waals surface area contributed by atoms with Gasteiger partial charge in [0, 0.05) is 6.04 Å². The molecule has 2 rings (SSSR count). The third kappa shape index (κ3) is 2.55. The van der Waals surface area contributed by atoms with Crippen LogP contribution in [-0.2, 0) is 0 Å². The maximum Gasteiger partial charge on any atom is 0.194 e. The molecule has 1 aliphatic rings. The van der Waals surface area contributed by atoms with Gasteiger partial charge in [0.2, 0.25) is 0 Å². The summed E-state index contributed by atoms with van der Waals surface area (Å²) in [5.41, 5.74) is 6.13. The molecule has 1 aromatic rings. The van der Waals surface area contributed by atoms with Gasteiger partial charge in [-0.1, -0.05) is 12.8 Å². The SMILES string of the molecule is NC(CCC1CC1)c1cc(F)c(F)c(F)c1. The van der Waals surface area contributed by atoms with Gasteiger partial charge in [0.05, 0.1) is 0 Å². The zero-order chi connectivity index (χ0) is 11.7. The van der Waals surface area contributed by atoms with E-state index in [0.29, 0.717) is 12.0 Å². The Labute approximate surface area is 92.5 Å². The molecule has 16 heavy (non-hydrogen) atoms. The van der Waals surface area contributed by atoms with Gasteiger partial charge in [-0.05, 0) is 36.5 Å². The molecule has 0 spiro atoms. The van der Waals surface area contributed by atoms with E-state index in [2.05, 4.69) is 0 Å². The van der Waals surface area contributed by atoms with Crippen LogP contribution in [0.4, 0.5) is 13.2 Å². The number of nitrogens with two attached hydrogens (primary N) is 1. The second kappa shape index (κ2) is 4.45. The van der Waals surface area contributed by atoms with E-state index in [1.54, 1.807) is 0 Å². The third-order valence-electron chi connectivity index (χ3n) is 3.02. The Bertz CT molecular complexity index is 365. The van der Waals surface area contributed by atoms with Gasteiger partial charge < -0.3 is 5.73 Å². The summed E-state index contributed by atoms with van der Waals surface area (Å²) in [6.07, 6.45) is 4.11. The minimum absolute atomic E-state index is 0.331. The molecule has 88 valence electrons. The number of hydrogen-bond acceptors (Lipinski definition) is 1. The van der Waals surface area contributed by atoms with Crippen LogP contribution in [0.2, 0.25) is 0 Å². The summed E-state index contributed by atoms with van der Waals surface area (Å²) < 4.78 is 38.6. The summed E-state index contributed by atoms with van der Waals surface area (Å²) in [6, 6.07) is 1.55. The van der Waals surface area contributed by atoms with Gasteiger partial charge in [-0.15, -0.1) is 0 Å². The van der Waals surface area contributed by atoms with Crippen LogP contribution in [0.15, 0.2) is 12.1 Å². The quantitative estimate of drug-likeness (QED) is 0.788. The number of halogens is 3. The molecule has 0 aromatic heterocycles. The molecule has 0 saturated heterocycles. The summed E-state index contributed by atoms with van der Waals surface area (Å²) in [4.78, 5) is 0. The van der Waals surface area contributed by atoms with Crippen molar-refractivity contribution in [1.29, 1.82) is 0 Å². The molecule has 2 N–H and O–H groups in total. The van der Waals surface area contributed by atoms with Gasteiger partial charge in [0.1, 0.15) is 0 Å². The van der Waals surface area contributed by atoms with Crippen LogP contribution >= 0.6 is 0 Å². The molecule has 1 unspecified atom stereocenters. The largest absolute Gasteiger partial charge is 0.324 e. The lowest BCUT2D eigenvalue weighted by Gasteiger charge is -2.12. The standard InChI is InChI=1S/C12H14F3N/c13-9-5-8(6-10(14)12(9)15)11(16)4-3-7-1-2-7/h5-7,11H,1-4,16H2. The summed E-state index contributed by atoms with van der Waals surface area (Å²) in [5.74, 6) is -3.05. The monoisotopic (exact) mass is 229 g/mol. The van der Waals surface area contributed by atoms with Crippen molar-refractivity contribution in [3.8, 4) is 0 Å². The smallest absolute Gasteiger partial charge is 0.194 e. The van der Waals surface area contributed by atoms with Gasteiger partial charge >= 0.3 is 0 Å². The molecule has 0 heterocycles. The highest BCUT2D eigenvalue weighted by molar-refractivity contribution is 5.22. The topological polar surface area (TPSA) is 26.0 Å². The first-order chi connectivity index (χ1) is 7.58. The highest BCUT2D eigenvalue weighted by atomic mass is 19.2. The van der Waals surface area contributed by atoms with Crippen LogP contribution < -0.4 is 5.73 Å². The average molecular weight is 229 g/mol. The van der Waals surface area contributed by atoms with E-state index in [1.165, 1.54) is 12.8 Å². The normalized spacial score (nSPS) is 17.5. The maximum atomic E-state index is 12.9. The Morgan fingerprint density at radius 1 is 1.19 bits per heavy atom. The third-order valence-corrected chi connectivity index (χ3v) is 3.02. The fraction of sp³-hybridized carbons (Fsp3) is 0.500. The second-order valence-corrected chi connectivity index (χ2v) is 4.43. The van der Waals surface area contributed by atoms with E-state index in [4.69, 9.17) is 5.73 Å². The first-order valence-corrected chi connectivity index (χ1v) is 5.48. The molecule has 0 amide bonds. The Balaban J connectivity index is 2.06. The van der Waals surface area contributed by atoms with Crippen molar-refractivity contribution in [2.24, 2.45) is 11.7 Å². The molecule has 1 fully saturated rings.